The highest BCUT2D eigenvalue weighted by Crippen LogP contribution is 2.26. The summed E-state index contributed by atoms with van der Waals surface area (Å²) in [5.41, 5.74) is 7.06. The number of urea groups is 1. The van der Waals surface area contributed by atoms with E-state index in [1.807, 2.05) is 23.9 Å². The van der Waals surface area contributed by atoms with Crippen molar-refractivity contribution in [2.45, 2.75) is 37.0 Å². The van der Waals surface area contributed by atoms with Crippen molar-refractivity contribution >= 4 is 29.2 Å². The zero-order valence-corrected chi connectivity index (χ0v) is 12.0. The number of carbonyl (C=O) groups excluding carboxylic acids is 1. The molecule has 0 saturated heterocycles. The molecule has 1 fully saturated rings. The van der Waals surface area contributed by atoms with Crippen LogP contribution in [0.4, 0.5) is 16.2 Å². The second kappa shape index (κ2) is 6.70. The van der Waals surface area contributed by atoms with Crippen molar-refractivity contribution in [3.05, 3.63) is 24.3 Å². The van der Waals surface area contributed by atoms with Gasteiger partial charge in [0.1, 0.15) is 0 Å². The maximum atomic E-state index is 11.9. The first-order valence-corrected chi connectivity index (χ1v) is 7.92. The summed E-state index contributed by atoms with van der Waals surface area (Å²) in [6.07, 6.45) is 6.72. The second-order valence-electron chi connectivity index (χ2n) is 4.95. The van der Waals surface area contributed by atoms with Gasteiger partial charge in [0.25, 0.3) is 0 Å². The molecule has 0 spiro atoms. The third-order valence-electron chi connectivity index (χ3n) is 3.44. The van der Waals surface area contributed by atoms with E-state index in [1.54, 1.807) is 12.1 Å². The summed E-state index contributed by atoms with van der Waals surface area (Å²) in [6, 6.07) is 7.36. The van der Waals surface area contributed by atoms with Crippen LogP contribution in [0.5, 0.6) is 0 Å². The van der Waals surface area contributed by atoms with Crippen LogP contribution in [0.15, 0.2) is 24.3 Å². The third kappa shape index (κ3) is 4.35. The molecule has 0 aromatic heterocycles. The fourth-order valence-corrected chi connectivity index (χ4v) is 3.29. The van der Waals surface area contributed by atoms with E-state index < -0.39 is 0 Å². The first-order valence-electron chi connectivity index (χ1n) is 6.63. The molecule has 0 aliphatic heterocycles. The molecule has 0 heterocycles. The number of nitrogen functional groups attached to an aromatic ring is 1. The average Bonchev–Trinajstić information content (AvgIpc) is 2.38. The van der Waals surface area contributed by atoms with E-state index in [0.717, 1.165) is 18.5 Å². The Hall–Kier alpha value is -1.36. The zero-order chi connectivity index (χ0) is 13.7. The molecule has 1 aliphatic rings. The van der Waals surface area contributed by atoms with Crippen LogP contribution in [-0.2, 0) is 0 Å². The third-order valence-corrected chi connectivity index (χ3v) is 4.53. The van der Waals surface area contributed by atoms with E-state index >= 15 is 0 Å². The predicted octanol–water partition coefficient (Wildman–Crippen LogP) is 3.06. The number of amides is 2. The van der Waals surface area contributed by atoms with E-state index in [9.17, 15) is 4.79 Å². The fraction of sp³-hybridized carbons (Fsp3) is 0.500. The van der Waals surface area contributed by atoms with Crippen molar-refractivity contribution < 1.29 is 4.79 Å². The molecular formula is C14H21N3OS. The zero-order valence-electron chi connectivity index (χ0n) is 11.2. The minimum Gasteiger partial charge on any atom is -0.399 e. The van der Waals surface area contributed by atoms with Crippen LogP contribution in [-0.4, -0.2) is 23.6 Å². The molecule has 2 unspecified atom stereocenters. The van der Waals surface area contributed by atoms with E-state index in [2.05, 4.69) is 16.9 Å². The monoisotopic (exact) mass is 279 g/mol. The van der Waals surface area contributed by atoms with Gasteiger partial charge in [-0.3, -0.25) is 0 Å². The van der Waals surface area contributed by atoms with Crippen LogP contribution >= 0.6 is 11.8 Å². The average molecular weight is 279 g/mol. The minimum absolute atomic E-state index is 0.141. The van der Waals surface area contributed by atoms with Crippen LogP contribution in [0.2, 0.25) is 0 Å². The van der Waals surface area contributed by atoms with Gasteiger partial charge in [-0.25, -0.2) is 4.79 Å². The van der Waals surface area contributed by atoms with Gasteiger partial charge in [0.05, 0.1) is 0 Å². The Morgan fingerprint density at radius 1 is 1.42 bits per heavy atom. The van der Waals surface area contributed by atoms with Crippen LogP contribution in [0, 0.1) is 0 Å². The predicted molar refractivity (Wildman–Crippen MR) is 82.6 cm³/mol. The Labute approximate surface area is 118 Å². The number of carbonyl (C=O) groups is 1. The van der Waals surface area contributed by atoms with Crippen LogP contribution < -0.4 is 16.4 Å². The van der Waals surface area contributed by atoms with E-state index in [4.69, 9.17) is 5.73 Å². The van der Waals surface area contributed by atoms with Crippen molar-refractivity contribution in [3.63, 3.8) is 0 Å². The standard InChI is InChI=1S/C14H21N3OS/c1-19-13-7-3-6-12(9-13)17-14(18)16-11-5-2-4-10(15)8-11/h2,4-5,8,12-13H,3,6-7,9,15H2,1H3,(H2,16,17,18). The second-order valence-corrected chi connectivity index (χ2v) is 6.08. The highest BCUT2D eigenvalue weighted by atomic mass is 32.2. The Balaban J connectivity index is 1.84. The normalized spacial score (nSPS) is 22.8. The highest BCUT2D eigenvalue weighted by molar-refractivity contribution is 7.99. The van der Waals surface area contributed by atoms with E-state index in [0.29, 0.717) is 10.9 Å². The Bertz CT molecular complexity index is 438. The summed E-state index contributed by atoms with van der Waals surface area (Å²) in [7, 11) is 0. The minimum atomic E-state index is -0.141. The smallest absolute Gasteiger partial charge is 0.319 e. The lowest BCUT2D eigenvalue weighted by Crippen LogP contribution is -2.41. The van der Waals surface area contributed by atoms with Gasteiger partial charge in [0.15, 0.2) is 0 Å². The Morgan fingerprint density at radius 2 is 2.26 bits per heavy atom. The molecule has 104 valence electrons. The fourth-order valence-electron chi connectivity index (χ4n) is 2.46. The number of thioether (sulfide) groups is 1. The van der Waals surface area contributed by atoms with Gasteiger partial charge in [0.2, 0.25) is 0 Å². The summed E-state index contributed by atoms with van der Waals surface area (Å²) >= 11 is 1.89. The molecule has 0 bridgehead atoms. The SMILES string of the molecule is CSC1CCCC(NC(=O)Nc2cccc(N)c2)C1. The quantitative estimate of drug-likeness (QED) is 0.745. The molecule has 5 heteroatoms. The van der Waals surface area contributed by atoms with Crippen molar-refractivity contribution in [2.24, 2.45) is 0 Å². The molecule has 2 atom stereocenters. The van der Waals surface area contributed by atoms with Gasteiger partial charge in [-0.05, 0) is 43.7 Å². The molecule has 4 N–H and O–H groups in total. The number of rotatable bonds is 3. The molecule has 1 aromatic carbocycles. The number of benzene rings is 1. The summed E-state index contributed by atoms with van der Waals surface area (Å²) in [5.74, 6) is 0. The van der Waals surface area contributed by atoms with Crippen LogP contribution in [0.3, 0.4) is 0 Å². The molecule has 4 nitrogen and oxygen atoms in total. The number of hydrogen-bond donors (Lipinski definition) is 3. The van der Waals surface area contributed by atoms with Crippen molar-refractivity contribution in [2.75, 3.05) is 17.3 Å². The first kappa shape index (κ1) is 14.1. The van der Waals surface area contributed by atoms with Gasteiger partial charge in [-0.2, -0.15) is 11.8 Å². The topological polar surface area (TPSA) is 67.2 Å². The molecule has 2 rings (SSSR count). The molecular weight excluding hydrogens is 258 g/mol. The van der Waals surface area contributed by atoms with Crippen molar-refractivity contribution in [1.29, 1.82) is 0 Å². The Kier molecular flexibility index (Phi) is 4.96. The maximum absolute atomic E-state index is 11.9. The van der Waals surface area contributed by atoms with Crippen LogP contribution in [0.1, 0.15) is 25.7 Å². The van der Waals surface area contributed by atoms with Gasteiger partial charge >= 0.3 is 6.03 Å². The largest absolute Gasteiger partial charge is 0.399 e. The lowest BCUT2D eigenvalue weighted by molar-refractivity contribution is 0.244. The number of anilines is 2. The molecule has 1 aliphatic carbocycles. The summed E-state index contributed by atoms with van der Waals surface area (Å²) in [4.78, 5) is 11.9. The van der Waals surface area contributed by atoms with Crippen molar-refractivity contribution in [1.82, 2.24) is 5.32 Å². The first-order chi connectivity index (χ1) is 9.17. The summed E-state index contributed by atoms with van der Waals surface area (Å²) in [6.45, 7) is 0. The lowest BCUT2D eigenvalue weighted by Gasteiger charge is -2.28. The van der Waals surface area contributed by atoms with Gasteiger partial charge in [0, 0.05) is 22.7 Å². The maximum Gasteiger partial charge on any atom is 0.319 e. The lowest BCUT2D eigenvalue weighted by atomic mass is 9.95. The van der Waals surface area contributed by atoms with Gasteiger partial charge in [-0.15, -0.1) is 0 Å². The molecule has 0 radical (unpaired) electrons. The highest BCUT2D eigenvalue weighted by Gasteiger charge is 2.22. The number of nitrogens with one attached hydrogen (secondary N) is 2. The summed E-state index contributed by atoms with van der Waals surface area (Å²) < 4.78 is 0. The van der Waals surface area contributed by atoms with Crippen molar-refractivity contribution in [3.8, 4) is 0 Å². The van der Waals surface area contributed by atoms with Crippen LogP contribution in [0.25, 0.3) is 0 Å². The van der Waals surface area contributed by atoms with E-state index in [-0.39, 0.29) is 12.1 Å². The number of hydrogen-bond acceptors (Lipinski definition) is 3. The summed E-state index contributed by atoms with van der Waals surface area (Å²) in [5, 5.41) is 6.55. The van der Waals surface area contributed by atoms with Gasteiger partial charge in [-0.1, -0.05) is 12.5 Å². The van der Waals surface area contributed by atoms with Gasteiger partial charge < -0.3 is 16.4 Å². The molecule has 19 heavy (non-hydrogen) atoms. The molecule has 1 aromatic rings. The molecule has 2 amide bonds. The molecule has 1 saturated carbocycles. The van der Waals surface area contributed by atoms with E-state index in [1.165, 1.54) is 12.8 Å². The Morgan fingerprint density at radius 3 is 3.00 bits per heavy atom. The number of nitrogens with two attached hydrogens (primary N) is 1.